The van der Waals surface area contributed by atoms with Crippen LogP contribution in [0.4, 0.5) is 5.69 Å². The van der Waals surface area contributed by atoms with E-state index in [0.29, 0.717) is 16.5 Å². The van der Waals surface area contributed by atoms with E-state index in [-0.39, 0.29) is 5.54 Å². The van der Waals surface area contributed by atoms with Crippen molar-refractivity contribution in [2.75, 3.05) is 19.1 Å². The van der Waals surface area contributed by atoms with E-state index in [0.717, 1.165) is 23.3 Å². The second-order valence-corrected chi connectivity index (χ2v) is 8.25. The van der Waals surface area contributed by atoms with E-state index in [2.05, 4.69) is 50.9 Å². The molecule has 2 aromatic carbocycles. The smallest absolute Gasteiger partial charge is 0.128 e. The number of benzene rings is 2. The monoisotopic (exact) mass is 380 g/mol. The van der Waals surface area contributed by atoms with Crippen molar-refractivity contribution in [1.82, 2.24) is 0 Å². The van der Waals surface area contributed by atoms with Gasteiger partial charge in [-0.3, -0.25) is 0 Å². The molecule has 0 radical (unpaired) electrons. The first-order valence-electron chi connectivity index (χ1n) is 9.10. The van der Waals surface area contributed by atoms with E-state index in [4.69, 9.17) is 16.3 Å². The van der Waals surface area contributed by atoms with E-state index in [9.17, 15) is 5.26 Å². The highest BCUT2D eigenvalue weighted by Gasteiger charge is 2.34. The van der Waals surface area contributed by atoms with Gasteiger partial charge in [0.15, 0.2) is 0 Å². The fourth-order valence-corrected chi connectivity index (χ4v) is 4.08. The molecular weight excluding hydrogens is 356 g/mol. The summed E-state index contributed by atoms with van der Waals surface area (Å²) >= 11 is 6.10. The van der Waals surface area contributed by atoms with Gasteiger partial charge < -0.3 is 9.64 Å². The first-order chi connectivity index (χ1) is 12.8. The maximum Gasteiger partial charge on any atom is 0.128 e. The van der Waals surface area contributed by atoms with E-state index in [1.807, 2.05) is 18.2 Å². The van der Waals surface area contributed by atoms with Crippen molar-refractivity contribution in [2.45, 2.75) is 38.6 Å². The van der Waals surface area contributed by atoms with Gasteiger partial charge in [-0.1, -0.05) is 30.7 Å². The summed E-state index contributed by atoms with van der Waals surface area (Å²) in [6.45, 7) is 6.79. The molecule has 0 fully saturated rings. The molecule has 1 unspecified atom stereocenters. The van der Waals surface area contributed by atoms with Crippen LogP contribution in [0.1, 0.15) is 49.8 Å². The summed E-state index contributed by atoms with van der Waals surface area (Å²) in [6, 6.07) is 13.9. The maximum atomic E-state index is 9.69. The Labute approximate surface area is 166 Å². The van der Waals surface area contributed by atoms with E-state index >= 15 is 0 Å². The molecule has 140 valence electrons. The molecule has 1 atom stereocenters. The average Bonchev–Trinajstić information content (AvgIpc) is 2.63. The summed E-state index contributed by atoms with van der Waals surface area (Å²) in [5.41, 5.74) is 4.84. The van der Waals surface area contributed by atoms with Gasteiger partial charge in [-0.25, -0.2) is 0 Å². The van der Waals surface area contributed by atoms with Crippen molar-refractivity contribution in [2.24, 2.45) is 0 Å². The first-order valence-corrected chi connectivity index (χ1v) is 9.48. The van der Waals surface area contributed by atoms with E-state index in [1.165, 1.54) is 11.3 Å². The second kappa shape index (κ2) is 7.29. The molecule has 1 aliphatic rings. The molecule has 3 rings (SSSR count). The minimum absolute atomic E-state index is 0.0907. The Balaban J connectivity index is 2.14. The van der Waals surface area contributed by atoms with Gasteiger partial charge in [0.1, 0.15) is 5.75 Å². The quantitative estimate of drug-likeness (QED) is 0.474. The molecule has 0 amide bonds. The number of nitrogens with zero attached hydrogens (tertiary/aromatic N) is 2. The molecule has 0 saturated carbocycles. The Morgan fingerprint density at radius 2 is 2.07 bits per heavy atom. The maximum absolute atomic E-state index is 9.69. The van der Waals surface area contributed by atoms with Crippen LogP contribution in [-0.2, 0) is 0 Å². The topological polar surface area (TPSA) is 36.3 Å². The molecular formula is C23H25ClN2O. The van der Waals surface area contributed by atoms with Crippen LogP contribution in [0.5, 0.6) is 5.75 Å². The van der Waals surface area contributed by atoms with Gasteiger partial charge in [-0.2, -0.15) is 5.26 Å². The summed E-state index contributed by atoms with van der Waals surface area (Å²) in [4.78, 5) is 2.32. The lowest BCUT2D eigenvalue weighted by Gasteiger charge is -2.45. The third-order valence-electron chi connectivity index (χ3n) is 5.54. The van der Waals surface area contributed by atoms with Gasteiger partial charge in [0, 0.05) is 34.9 Å². The molecule has 27 heavy (non-hydrogen) atoms. The predicted octanol–water partition coefficient (Wildman–Crippen LogP) is 6.13. The van der Waals surface area contributed by atoms with E-state index < -0.39 is 0 Å². The highest BCUT2D eigenvalue weighted by molar-refractivity contribution is 6.30. The van der Waals surface area contributed by atoms with Gasteiger partial charge in [-0.15, -0.1) is 0 Å². The van der Waals surface area contributed by atoms with Crippen LogP contribution in [0.25, 0.3) is 11.6 Å². The van der Waals surface area contributed by atoms with Crippen molar-refractivity contribution in [3.8, 4) is 11.8 Å². The molecule has 0 bridgehead atoms. The number of allylic oxidation sites excluding steroid dienone is 1. The first kappa shape index (κ1) is 19.3. The van der Waals surface area contributed by atoms with Crippen LogP contribution in [0.2, 0.25) is 5.02 Å². The standard InChI is InChI=1S/C23H25ClN2O/c1-15-13-23(2,3)26(4)21-12-22(27-5)17(11-20(15)21)9-18(14-25)16-7-6-8-19(24)10-16/h6-12,15H,13H2,1-5H3/b18-9+. The number of methoxy groups -OCH3 is 1. The van der Waals surface area contributed by atoms with E-state index in [1.54, 1.807) is 19.2 Å². The highest BCUT2D eigenvalue weighted by atomic mass is 35.5. The van der Waals surface area contributed by atoms with Crippen LogP contribution in [0.3, 0.4) is 0 Å². The van der Waals surface area contributed by atoms with Crippen LogP contribution in [0.15, 0.2) is 36.4 Å². The fourth-order valence-electron chi connectivity index (χ4n) is 3.89. The summed E-state index contributed by atoms with van der Waals surface area (Å²) in [5.74, 6) is 1.20. The van der Waals surface area contributed by atoms with Gasteiger partial charge >= 0.3 is 0 Å². The zero-order valence-corrected chi connectivity index (χ0v) is 17.3. The van der Waals surface area contributed by atoms with Crippen molar-refractivity contribution in [1.29, 1.82) is 5.26 Å². The second-order valence-electron chi connectivity index (χ2n) is 7.81. The van der Waals surface area contributed by atoms with Crippen molar-refractivity contribution >= 4 is 28.9 Å². The lowest BCUT2D eigenvalue weighted by molar-refractivity contribution is 0.389. The number of nitriles is 1. The van der Waals surface area contributed by atoms with Crippen LogP contribution < -0.4 is 9.64 Å². The third-order valence-corrected chi connectivity index (χ3v) is 5.78. The summed E-state index contributed by atoms with van der Waals surface area (Å²) in [7, 11) is 3.80. The summed E-state index contributed by atoms with van der Waals surface area (Å²) in [6.07, 6.45) is 2.96. The lowest BCUT2D eigenvalue weighted by Crippen LogP contribution is -2.45. The lowest BCUT2D eigenvalue weighted by atomic mass is 9.79. The minimum atomic E-state index is 0.0907. The molecule has 0 aromatic heterocycles. The third kappa shape index (κ3) is 3.68. The molecule has 1 heterocycles. The molecule has 0 N–H and O–H groups in total. The zero-order chi connectivity index (χ0) is 19.8. The number of ether oxygens (including phenoxy) is 1. The molecule has 0 saturated heterocycles. The molecule has 2 aromatic rings. The van der Waals surface area contributed by atoms with Gasteiger partial charge in [-0.05, 0) is 61.6 Å². The van der Waals surface area contributed by atoms with Crippen molar-refractivity contribution < 1.29 is 4.74 Å². The van der Waals surface area contributed by atoms with Crippen LogP contribution in [-0.4, -0.2) is 19.7 Å². The number of anilines is 1. The molecule has 1 aliphatic heterocycles. The van der Waals surface area contributed by atoms with Gasteiger partial charge in [0.05, 0.1) is 18.8 Å². The molecule has 3 nitrogen and oxygen atoms in total. The largest absolute Gasteiger partial charge is 0.496 e. The van der Waals surface area contributed by atoms with Crippen LogP contribution >= 0.6 is 11.6 Å². The van der Waals surface area contributed by atoms with Crippen molar-refractivity contribution in [3.63, 3.8) is 0 Å². The molecule has 4 heteroatoms. The van der Waals surface area contributed by atoms with Gasteiger partial charge in [0.25, 0.3) is 0 Å². The predicted molar refractivity (Wildman–Crippen MR) is 113 cm³/mol. The fraction of sp³-hybridized carbons (Fsp3) is 0.348. The normalized spacial score (nSPS) is 18.6. The zero-order valence-electron chi connectivity index (χ0n) is 16.5. The Morgan fingerprint density at radius 1 is 1.33 bits per heavy atom. The number of fused-ring (bicyclic) bond motifs is 1. The molecule has 0 aliphatic carbocycles. The number of rotatable bonds is 3. The highest BCUT2D eigenvalue weighted by Crippen LogP contribution is 2.45. The SMILES string of the molecule is COc1cc2c(cc1/C=C(\C#N)c1cccc(Cl)c1)C(C)CC(C)(C)N2C. The Bertz CT molecular complexity index is 940. The minimum Gasteiger partial charge on any atom is -0.496 e. The summed E-state index contributed by atoms with van der Waals surface area (Å²) in [5, 5.41) is 10.3. The average molecular weight is 381 g/mol. The van der Waals surface area contributed by atoms with Gasteiger partial charge in [0.2, 0.25) is 0 Å². The summed E-state index contributed by atoms with van der Waals surface area (Å²) < 4.78 is 5.66. The Hall–Kier alpha value is -2.44. The Kier molecular flexibility index (Phi) is 5.22. The number of halogens is 1. The number of hydrogen-bond acceptors (Lipinski definition) is 3. The Morgan fingerprint density at radius 3 is 2.70 bits per heavy atom. The van der Waals surface area contributed by atoms with Crippen molar-refractivity contribution in [3.05, 3.63) is 58.1 Å². The molecule has 0 spiro atoms. The van der Waals surface area contributed by atoms with Crippen LogP contribution in [0, 0.1) is 11.3 Å². The number of hydrogen-bond donors (Lipinski definition) is 0.